The number of hydrogen-bond acceptors (Lipinski definition) is 2. The minimum atomic E-state index is 0.114. The van der Waals surface area contributed by atoms with Crippen LogP contribution in [0.25, 0.3) is 0 Å². The molecule has 2 fully saturated rings. The summed E-state index contributed by atoms with van der Waals surface area (Å²) in [6, 6.07) is 0.494. The second kappa shape index (κ2) is 4.17. The number of piperidine rings is 1. The molecule has 0 spiro atoms. The molecule has 2 heterocycles. The Morgan fingerprint density at radius 3 is 2.93 bits per heavy atom. The van der Waals surface area contributed by atoms with Crippen molar-refractivity contribution in [3.05, 3.63) is 0 Å². The lowest BCUT2D eigenvalue weighted by atomic mass is 9.92. The third kappa shape index (κ3) is 1.85. The van der Waals surface area contributed by atoms with Crippen molar-refractivity contribution >= 4 is 6.03 Å². The van der Waals surface area contributed by atoms with Crippen LogP contribution in [0.15, 0.2) is 0 Å². The number of hydrogen-bond donors (Lipinski definition) is 2. The number of carbonyl (C=O) groups is 1. The minimum absolute atomic E-state index is 0.114. The van der Waals surface area contributed by atoms with E-state index in [0.29, 0.717) is 12.0 Å². The van der Waals surface area contributed by atoms with E-state index < -0.39 is 0 Å². The molecule has 2 saturated heterocycles. The third-order valence-electron chi connectivity index (χ3n) is 3.40. The van der Waals surface area contributed by atoms with Crippen LogP contribution in [0.4, 0.5) is 4.79 Å². The van der Waals surface area contributed by atoms with Gasteiger partial charge < -0.3 is 15.5 Å². The Morgan fingerprint density at radius 1 is 1.50 bits per heavy atom. The molecule has 0 bridgehead atoms. The van der Waals surface area contributed by atoms with Gasteiger partial charge in [-0.25, -0.2) is 4.79 Å². The third-order valence-corrected chi connectivity index (χ3v) is 3.40. The Balaban J connectivity index is 1.92. The van der Waals surface area contributed by atoms with Crippen molar-refractivity contribution < 1.29 is 4.79 Å². The van der Waals surface area contributed by atoms with Gasteiger partial charge in [0.25, 0.3) is 0 Å². The van der Waals surface area contributed by atoms with Crippen LogP contribution in [0, 0.1) is 5.92 Å². The van der Waals surface area contributed by atoms with Crippen LogP contribution in [-0.2, 0) is 0 Å². The second-order valence-electron chi connectivity index (χ2n) is 4.27. The standard InChI is InChI=1S/C10H19N3O/c1-8(9-3-2-4-11-7-9)13-6-5-12-10(13)14/h8-9,11H,2-7H2,1H3,(H,12,14). The van der Waals surface area contributed by atoms with Gasteiger partial charge in [0.15, 0.2) is 0 Å². The zero-order valence-electron chi connectivity index (χ0n) is 8.75. The highest BCUT2D eigenvalue weighted by Gasteiger charge is 2.30. The fourth-order valence-corrected chi connectivity index (χ4v) is 2.42. The summed E-state index contributed by atoms with van der Waals surface area (Å²) in [5.74, 6) is 0.632. The first-order chi connectivity index (χ1) is 6.79. The van der Waals surface area contributed by atoms with E-state index in [1.807, 2.05) is 4.90 Å². The van der Waals surface area contributed by atoms with Crippen LogP contribution in [-0.4, -0.2) is 43.2 Å². The Bertz CT molecular complexity index is 213. The van der Waals surface area contributed by atoms with Gasteiger partial charge in [0.05, 0.1) is 0 Å². The summed E-state index contributed by atoms with van der Waals surface area (Å²) >= 11 is 0. The largest absolute Gasteiger partial charge is 0.336 e. The second-order valence-corrected chi connectivity index (χ2v) is 4.27. The van der Waals surface area contributed by atoms with E-state index >= 15 is 0 Å². The number of nitrogens with zero attached hydrogens (tertiary/aromatic N) is 1. The molecule has 0 radical (unpaired) electrons. The zero-order chi connectivity index (χ0) is 9.97. The average molecular weight is 197 g/mol. The molecule has 0 aliphatic carbocycles. The molecule has 0 aromatic rings. The molecule has 14 heavy (non-hydrogen) atoms. The summed E-state index contributed by atoms with van der Waals surface area (Å²) in [5.41, 5.74) is 0. The maximum atomic E-state index is 11.5. The Kier molecular flexibility index (Phi) is 2.91. The summed E-state index contributed by atoms with van der Waals surface area (Å²) in [4.78, 5) is 13.4. The number of carbonyl (C=O) groups excluding carboxylic acids is 1. The molecular weight excluding hydrogens is 178 g/mol. The van der Waals surface area contributed by atoms with Gasteiger partial charge in [-0.05, 0) is 38.8 Å². The van der Waals surface area contributed by atoms with E-state index in [4.69, 9.17) is 0 Å². The van der Waals surface area contributed by atoms with E-state index in [1.165, 1.54) is 12.8 Å². The average Bonchev–Trinajstić information content (AvgIpc) is 2.65. The number of nitrogens with one attached hydrogen (secondary N) is 2. The summed E-state index contributed by atoms with van der Waals surface area (Å²) < 4.78 is 0. The molecule has 2 aliphatic heterocycles. The molecule has 4 nitrogen and oxygen atoms in total. The van der Waals surface area contributed by atoms with Crippen LogP contribution >= 0.6 is 0 Å². The van der Waals surface area contributed by atoms with Crippen molar-refractivity contribution in [2.24, 2.45) is 5.92 Å². The summed E-state index contributed by atoms with van der Waals surface area (Å²) in [7, 11) is 0. The molecule has 2 unspecified atom stereocenters. The molecule has 2 N–H and O–H groups in total. The first-order valence-electron chi connectivity index (χ1n) is 5.54. The number of rotatable bonds is 2. The molecule has 0 aromatic carbocycles. The maximum absolute atomic E-state index is 11.5. The van der Waals surface area contributed by atoms with E-state index in [9.17, 15) is 4.79 Å². The van der Waals surface area contributed by atoms with E-state index in [0.717, 1.165) is 26.2 Å². The lowest BCUT2D eigenvalue weighted by Crippen LogP contribution is -2.46. The Morgan fingerprint density at radius 2 is 2.36 bits per heavy atom. The SMILES string of the molecule is CC(C1CCCNC1)N1CCNC1=O. The molecule has 0 saturated carbocycles. The van der Waals surface area contributed by atoms with E-state index in [-0.39, 0.29) is 6.03 Å². The Hall–Kier alpha value is -0.770. The van der Waals surface area contributed by atoms with Crippen molar-refractivity contribution in [3.8, 4) is 0 Å². The van der Waals surface area contributed by atoms with Crippen LogP contribution in [0.5, 0.6) is 0 Å². The lowest BCUT2D eigenvalue weighted by molar-refractivity contribution is 0.165. The van der Waals surface area contributed by atoms with Crippen LogP contribution in [0.2, 0.25) is 0 Å². The number of amides is 2. The quantitative estimate of drug-likeness (QED) is 0.673. The molecule has 2 amide bonds. The fourth-order valence-electron chi connectivity index (χ4n) is 2.42. The molecule has 2 atom stereocenters. The van der Waals surface area contributed by atoms with Crippen LogP contribution in [0.3, 0.4) is 0 Å². The van der Waals surface area contributed by atoms with Gasteiger partial charge in [0.2, 0.25) is 0 Å². The van der Waals surface area contributed by atoms with Gasteiger partial charge in [0, 0.05) is 19.1 Å². The van der Waals surface area contributed by atoms with Crippen molar-refractivity contribution in [2.75, 3.05) is 26.2 Å². The molecule has 80 valence electrons. The molecule has 2 rings (SSSR count). The van der Waals surface area contributed by atoms with Crippen molar-refractivity contribution in [2.45, 2.75) is 25.8 Å². The minimum Gasteiger partial charge on any atom is -0.336 e. The molecular formula is C10H19N3O. The fraction of sp³-hybridized carbons (Fsp3) is 0.900. The van der Waals surface area contributed by atoms with Gasteiger partial charge in [-0.3, -0.25) is 0 Å². The van der Waals surface area contributed by atoms with Gasteiger partial charge in [0.1, 0.15) is 0 Å². The predicted molar refractivity (Wildman–Crippen MR) is 55.2 cm³/mol. The first kappa shape index (κ1) is 9.77. The van der Waals surface area contributed by atoms with Crippen molar-refractivity contribution in [1.82, 2.24) is 15.5 Å². The smallest absolute Gasteiger partial charge is 0.317 e. The van der Waals surface area contributed by atoms with Gasteiger partial charge in [-0.1, -0.05) is 0 Å². The summed E-state index contributed by atoms with van der Waals surface area (Å²) in [6.07, 6.45) is 2.49. The van der Waals surface area contributed by atoms with Gasteiger partial charge >= 0.3 is 6.03 Å². The van der Waals surface area contributed by atoms with E-state index in [2.05, 4.69) is 17.6 Å². The van der Waals surface area contributed by atoms with Crippen molar-refractivity contribution in [1.29, 1.82) is 0 Å². The monoisotopic (exact) mass is 197 g/mol. The maximum Gasteiger partial charge on any atom is 0.317 e. The van der Waals surface area contributed by atoms with Crippen molar-refractivity contribution in [3.63, 3.8) is 0 Å². The van der Waals surface area contributed by atoms with Gasteiger partial charge in [-0.15, -0.1) is 0 Å². The summed E-state index contributed by atoms with van der Waals surface area (Å²) in [6.45, 7) is 6.04. The molecule has 2 aliphatic rings. The van der Waals surface area contributed by atoms with Crippen LogP contribution < -0.4 is 10.6 Å². The highest BCUT2D eigenvalue weighted by Crippen LogP contribution is 2.20. The molecule has 0 aromatic heterocycles. The highest BCUT2D eigenvalue weighted by atomic mass is 16.2. The zero-order valence-corrected chi connectivity index (χ0v) is 8.75. The number of urea groups is 1. The lowest BCUT2D eigenvalue weighted by Gasteiger charge is -2.33. The summed E-state index contributed by atoms with van der Waals surface area (Å²) in [5, 5.41) is 6.25. The highest BCUT2D eigenvalue weighted by molar-refractivity contribution is 5.76. The normalized spacial score (nSPS) is 30.2. The van der Waals surface area contributed by atoms with E-state index in [1.54, 1.807) is 0 Å². The molecule has 4 heteroatoms. The topological polar surface area (TPSA) is 44.4 Å². The predicted octanol–water partition coefficient (Wildman–Crippen LogP) is 0.400. The Labute approximate surface area is 85.0 Å². The van der Waals surface area contributed by atoms with Crippen LogP contribution in [0.1, 0.15) is 19.8 Å². The first-order valence-corrected chi connectivity index (χ1v) is 5.54. The van der Waals surface area contributed by atoms with Gasteiger partial charge in [-0.2, -0.15) is 0 Å².